The van der Waals surface area contributed by atoms with Gasteiger partial charge in [-0.1, -0.05) is 29.8 Å². The van der Waals surface area contributed by atoms with E-state index >= 15 is 0 Å². The minimum Gasteiger partial charge on any atom is -0.368 e. The summed E-state index contributed by atoms with van der Waals surface area (Å²) in [6.07, 6.45) is 0. The SMILES string of the molecule is Cc1ccc(Cl)cc1N1CCN(C(=O)Cn2c(=O)n(C)c3ccccc32)CC1. The highest BCUT2D eigenvalue weighted by Gasteiger charge is 2.23. The van der Waals surface area contributed by atoms with Gasteiger partial charge >= 0.3 is 5.69 Å². The van der Waals surface area contributed by atoms with E-state index < -0.39 is 0 Å². The van der Waals surface area contributed by atoms with Crippen LogP contribution in [-0.4, -0.2) is 46.1 Å². The van der Waals surface area contributed by atoms with Gasteiger partial charge in [0, 0.05) is 43.9 Å². The summed E-state index contributed by atoms with van der Waals surface area (Å²) in [7, 11) is 1.73. The number of rotatable bonds is 3. The average Bonchev–Trinajstić information content (AvgIpc) is 2.95. The van der Waals surface area contributed by atoms with Gasteiger partial charge in [0.1, 0.15) is 6.54 Å². The van der Waals surface area contributed by atoms with Crippen LogP contribution in [0, 0.1) is 6.92 Å². The molecule has 0 bridgehead atoms. The van der Waals surface area contributed by atoms with Gasteiger partial charge in [0.2, 0.25) is 5.91 Å². The van der Waals surface area contributed by atoms with Crippen LogP contribution in [0.1, 0.15) is 5.56 Å². The number of anilines is 1. The average molecular weight is 399 g/mol. The molecule has 146 valence electrons. The molecule has 2 aromatic carbocycles. The molecule has 1 aliphatic heterocycles. The molecule has 1 aromatic heterocycles. The predicted molar refractivity (Wildman–Crippen MR) is 112 cm³/mol. The molecule has 7 heteroatoms. The normalized spacial score (nSPS) is 14.7. The van der Waals surface area contributed by atoms with Crippen molar-refractivity contribution in [3.8, 4) is 0 Å². The van der Waals surface area contributed by atoms with E-state index in [1.54, 1.807) is 16.2 Å². The number of piperazine rings is 1. The van der Waals surface area contributed by atoms with Crippen LogP contribution in [0.25, 0.3) is 11.0 Å². The van der Waals surface area contributed by atoms with Crippen LogP contribution in [0.2, 0.25) is 5.02 Å². The van der Waals surface area contributed by atoms with Crippen LogP contribution in [0.5, 0.6) is 0 Å². The second-order valence-corrected chi connectivity index (χ2v) is 7.65. The molecule has 0 atom stereocenters. The maximum atomic E-state index is 12.9. The Morgan fingerprint density at radius 3 is 2.43 bits per heavy atom. The van der Waals surface area contributed by atoms with E-state index in [0.717, 1.165) is 34.8 Å². The highest BCUT2D eigenvalue weighted by molar-refractivity contribution is 6.30. The number of hydrogen-bond acceptors (Lipinski definition) is 3. The first-order chi connectivity index (χ1) is 13.5. The van der Waals surface area contributed by atoms with Gasteiger partial charge in [-0.25, -0.2) is 4.79 Å². The number of nitrogens with zero attached hydrogens (tertiary/aromatic N) is 4. The first-order valence-electron chi connectivity index (χ1n) is 9.39. The molecular formula is C21H23ClN4O2. The molecule has 0 spiro atoms. The quantitative estimate of drug-likeness (QED) is 0.681. The van der Waals surface area contributed by atoms with Crippen LogP contribution < -0.4 is 10.6 Å². The van der Waals surface area contributed by atoms with Gasteiger partial charge in [-0.3, -0.25) is 13.9 Å². The summed E-state index contributed by atoms with van der Waals surface area (Å²) >= 11 is 6.14. The fraction of sp³-hybridized carbons (Fsp3) is 0.333. The topological polar surface area (TPSA) is 50.5 Å². The summed E-state index contributed by atoms with van der Waals surface area (Å²) in [6.45, 7) is 4.88. The number of fused-ring (bicyclic) bond motifs is 1. The van der Waals surface area contributed by atoms with E-state index in [-0.39, 0.29) is 18.1 Å². The maximum Gasteiger partial charge on any atom is 0.329 e. The molecule has 0 radical (unpaired) electrons. The molecule has 1 fully saturated rings. The molecule has 3 aromatic rings. The van der Waals surface area contributed by atoms with E-state index in [1.807, 2.05) is 47.4 Å². The van der Waals surface area contributed by atoms with Crippen LogP contribution in [0.15, 0.2) is 47.3 Å². The van der Waals surface area contributed by atoms with Gasteiger partial charge in [0.25, 0.3) is 0 Å². The number of carbonyl (C=O) groups is 1. The molecular weight excluding hydrogens is 376 g/mol. The number of imidazole rings is 1. The fourth-order valence-electron chi connectivity index (χ4n) is 3.87. The Labute approximate surface area is 168 Å². The molecule has 1 aliphatic rings. The molecule has 0 N–H and O–H groups in total. The van der Waals surface area contributed by atoms with E-state index in [1.165, 1.54) is 5.56 Å². The number of aromatic nitrogens is 2. The molecule has 1 amide bonds. The lowest BCUT2D eigenvalue weighted by Crippen LogP contribution is -2.50. The highest BCUT2D eigenvalue weighted by Crippen LogP contribution is 2.25. The predicted octanol–water partition coefficient (Wildman–Crippen LogP) is 2.65. The van der Waals surface area contributed by atoms with Crippen LogP contribution in [0.3, 0.4) is 0 Å². The number of halogens is 1. The minimum atomic E-state index is -0.164. The number of hydrogen-bond donors (Lipinski definition) is 0. The van der Waals surface area contributed by atoms with Gasteiger partial charge in [0.05, 0.1) is 11.0 Å². The Morgan fingerprint density at radius 1 is 1.04 bits per heavy atom. The van der Waals surface area contributed by atoms with E-state index in [9.17, 15) is 9.59 Å². The zero-order chi connectivity index (χ0) is 19.8. The standard InChI is InChI=1S/C21H23ClN4O2/c1-15-7-8-16(22)13-19(15)24-9-11-25(12-10-24)20(27)14-26-18-6-4-3-5-17(18)23(2)21(26)28/h3-8,13H,9-12,14H2,1-2H3. The lowest BCUT2D eigenvalue weighted by Gasteiger charge is -2.37. The molecule has 2 heterocycles. The molecule has 1 saturated heterocycles. The zero-order valence-corrected chi connectivity index (χ0v) is 16.8. The van der Waals surface area contributed by atoms with Crippen molar-refractivity contribution in [2.24, 2.45) is 7.05 Å². The largest absolute Gasteiger partial charge is 0.368 e. The highest BCUT2D eigenvalue weighted by atomic mass is 35.5. The van der Waals surface area contributed by atoms with E-state index in [4.69, 9.17) is 11.6 Å². The maximum absolute atomic E-state index is 12.9. The van der Waals surface area contributed by atoms with Gasteiger partial charge in [-0.2, -0.15) is 0 Å². The molecule has 28 heavy (non-hydrogen) atoms. The van der Waals surface area contributed by atoms with Gasteiger partial charge < -0.3 is 9.80 Å². The van der Waals surface area contributed by atoms with Gasteiger partial charge in [-0.15, -0.1) is 0 Å². The van der Waals surface area contributed by atoms with Gasteiger partial charge in [0.15, 0.2) is 0 Å². The summed E-state index contributed by atoms with van der Waals surface area (Å²) in [4.78, 5) is 29.5. The first kappa shape index (κ1) is 18.6. The van der Waals surface area contributed by atoms with Crippen molar-refractivity contribution in [2.75, 3.05) is 31.1 Å². The molecule has 0 aliphatic carbocycles. The number of benzene rings is 2. The number of para-hydroxylation sites is 2. The van der Waals surface area contributed by atoms with Crippen molar-refractivity contribution in [2.45, 2.75) is 13.5 Å². The molecule has 6 nitrogen and oxygen atoms in total. The third-order valence-corrected chi connectivity index (χ3v) is 5.72. The smallest absolute Gasteiger partial charge is 0.329 e. The summed E-state index contributed by atoms with van der Waals surface area (Å²) in [5.41, 5.74) is 3.75. The second-order valence-electron chi connectivity index (χ2n) is 7.22. The fourth-order valence-corrected chi connectivity index (χ4v) is 4.04. The van der Waals surface area contributed by atoms with Crippen molar-refractivity contribution in [1.29, 1.82) is 0 Å². The van der Waals surface area contributed by atoms with Crippen molar-refractivity contribution in [3.63, 3.8) is 0 Å². The summed E-state index contributed by atoms with van der Waals surface area (Å²) in [6, 6.07) is 13.4. The van der Waals surface area contributed by atoms with Crippen LogP contribution >= 0.6 is 11.6 Å². The second kappa shape index (κ2) is 7.36. The Hall–Kier alpha value is -2.73. The number of carbonyl (C=O) groups excluding carboxylic acids is 1. The zero-order valence-electron chi connectivity index (χ0n) is 16.1. The Kier molecular flexibility index (Phi) is 4.89. The molecule has 0 unspecified atom stereocenters. The molecule has 0 saturated carbocycles. The number of amides is 1. The Morgan fingerprint density at radius 2 is 1.71 bits per heavy atom. The van der Waals surface area contributed by atoms with Crippen molar-refractivity contribution in [1.82, 2.24) is 14.0 Å². The third kappa shape index (κ3) is 3.29. The lowest BCUT2D eigenvalue weighted by atomic mass is 10.1. The Balaban J connectivity index is 1.47. The number of aryl methyl sites for hydroxylation is 2. The van der Waals surface area contributed by atoms with Gasteiger partial charge in [-0.05, 0) is 36.8 Å². The van der Waals surface area contributed by atoms with E-state index in [2.05, 4.69) is 11.8 Å². The minimum absolute atomic E-state index is 0.0269. The van der Waals surface area contributed by atoms with Crippen LogP contribution in [-0.2, 0) is 18.4 Å². The Bertz CT molecular complexity index is 1090. The van der Waals surface area contributed by atoms with Crippen molar-refractivity contribution >= 4 is 34.2 Å². The summed E-state index contributed by atoms with van der Waals surface area (Å²) in [5, 5.41) is 0.717. The van der Waals surface area contributed by atoms with Crippen molar-refractivity contribution < 1.29 is 4.79 Å². The first-order valence-corrected chi connectivity index (χ1v) is 9.76. The third-order valence-electron chi connectivity index (χ3n) is 5.49. The summed E-state index contributed by atoms with van der Waals surface area (Å²) < 4.78 is 3.15. The van der Waals surface area contributed by atoms with Crippen LogP contribution in [0.4, 0.5) is 5.69 Å². The monoisotopic (exact) mass is 398 g/mol. The summed E-state index contributed by atoms with van der Waals surface area (Å²) in [5.74, 6) is -0.0269. The lowest BCUT2D eigenvalue weighted by molar-refractivity contribution is -0.132. The van der Waals surface area contributed by atoms with Crippen molar-refractivity contribution in [3.05, 3.63) is 63.5 Å². The molecule has 4 rings (SSSR count). The van der Waals surface area contributed by atoms with E-state index in [0.29, 0.717) is 13.1 Å².